The lowest BCUT2D eigenvalue weighted by molar-refractivity contribution is -0.144. The van der Waals surface area contributed by atoms with Gasteiger partial charge in [-0.1, -0.05) is 17.7 Å². The Balaban J connectivity index is 1.61. The zero-order chi connectivity index (χ0) is 17.8. The number of hydrogen-bond donors (Lipinski definition) is 0. The Labute approximate surface area is 150 Å². The van der Waals surface area contributed by atoms with Crippen molar-refractivity contribution in [2.45, 2.75) is 13.0 Å². The van der Waals surface area contributed by atoms with Crippen molar-refractivity contribution in [3.8, 4) is 23.0 Å². The van der Waals surface area contributed by atoms with Gasteiger partial charge < -0.3 is 23.7 Å². The van der Waals surface area contributed by atoms with Crippen molar-refractivity contribution < 1.29 is 28.5 Å². The van der Waals surface area contributed by atoms with Gasteiger partial charge in [-0.25, -0.2) is 0 Å². The van der Waals surface area contributed by atoms with Gasteiger partial charge in [-0.05, 0) is 35.4 Å². The van der Waals surface area contributed by atoms with E-state index in [1.54, 1.807) is 44.6 Å². The molecule has 7 heteroatoms. The van der Waals surface area contributed by atoms with Crippen LogP contribution in [0, 0.1) is 0 Å². The first kappa shape index (κ1) is 17.2. The van der Waals surface area contributed by atoms with E-state index in [0.29, 0.717) is 28.0 Å². The Kier molecular flexibility index (Phi) is 5.19. The summed E-state index contributed by atoms with van der Waals surface area (Å²) >= 11 is 6.11. The van der Waals surface area contributed by atoms with Crippen LogP contribution in [0.4, 0.5) is 0 Å². The summed E-state index contributed by atoms with van der Waals surface area (Å²) in [4.78, 5) is 12.1. The van der Waals surface area contributed by atoms with Crippen LogP contribution in [0.2, 0.25) is 5.02 Å². The van der Waals surface area contributed by atoms with Gasteiger partial charge in [-0.2, -0.15) is 0 Å². The largest absolute Gasteiger partial charge is 0.493 e. The third-order valence-electron chi connectivity index (χ3n) is 3.68. The highest BCUT2D eigenvalue weighted by molar-refractivity contribution is 6.32. The smallest absolute Gasteiger partial charge is 0.310 e. The first-order valence-corrected chi connectivity index (χ1v) is 7.93. The van der Waals surface area contributed by atoms with Crippen LogP contribution in [0.1, 0.15) is 11.1 Å². The molecule has 25 heavy (non-hydrogen) atoms. The quantitative estimate of drug-likeness (QED) is 0.732. The molecule has 0 unspecified atom stereocenters. The van der Waals surface area contributed by atoms with Crippen LogP contribution in [0.15, 0.2) is 30.3 Å². The fourth-order valence-electron chi connectivity index (χ4n) is 2.48. The topological polar surface area (TPSA) is 63.2 Å². The van der Waals surface area contributed by atoms with Crippen LogP contribution in [0.3, 0.4) is 0 Å². The summed E-state index contributed by atoms with van der Waals surface area (Å²) in [7, 11) is 3.10. The molecule has 2 aromatic carbocycles. The molecule has 0 aliphatic carbocycles. The van der Waals surface area contributed by atoms with Crippen molar-refractivity contribution in [3.05, 3.63) is 46.5 Å². The SMILES string of the molecule is COc1ccc(CC(=O)OCc2cc(Cl)c3c(c2)OCO3)cc1OC. The molecule has 132 valence electrons. The Morgan fingerprint density at radius 2 is 1.88 bits per heavy atom. The van der Waals surface area contributed by atoms with Crippen molar-refractivity contribution >= 4 is 17.6 Å². The summed E-state index contributed by atoms with van der Waals surface area (Å²) < 4.78 is 26.3. The fraction of sp³-hybridized carbons (Fsp3) is 0.278. The van der Waals surface area contributed by atoms with E-state index in [9.17, 15) is 4.79 Å². The van der Waals surface area contributed by atoms with Crippen molar-refractivity contribution in [2.75, 3.05) is 21.0 Å². The molecule has 0 atom stereocenters. The summed E-state index contributed by atoms with van der Waals surface area (Å²) in [5, 5.41) is 0.431. The second kappa shape index (κ2) is 7.53. The van der Waals surface area contributed by atoms with Crippen LogP contribution in [-0.4, -0.2) is 27.0 Å². The molecule has 1 heterocycles. The maximum Gasteiger partial charge on any atom is 0.310 e. The van der Waals surface area contributed by atoms with Crippen LogP contribution in [-0.2, 0) is 22.6 Å². The van der Waals surface area contributed by atoms with E-state index < -0.39 is 0 Å². The van der Waals surface area contributed by atoms with E-state index in [1.165, 1.54) is 0 Å². The molecule has 0 amide bonds. The summed E-state index contributed by atoms with van der Waals surface area (Å²) in [5.74, 6) is 1.88. The number of hydrogen-bond acceptors (Lipinski definition) is 6. The van der Waals surface area contributed by atoms with Crippen molar-refractivity contribution in [1.82, 2.24) is 0 Å². The molecule has 1 aliphatic rings. The molecule has 0 N–H and O–H groups in total. The number of methoxy groups -OCH3 is 2. The van der Waals surface area contributed by atoms with Crippen LogP contribution in [0.5, 0.6) is 23.0 Å². The van der Waals surface area contributed by atoms with Gasteiger partial charge in [-0.3, -0.25) is 4.79 Å². The Morgan fingerprint density at radius 3 is 2.64 bits per heavy atom. The second-order valence-corrected chi connectivity index (χ2v) is 5.75. The lowest BCUT2D eigenvalue weighted by atomic mass is 10.1. The number of carbonyl (C=O) groups is 1. The van der Waals surface area contributed by atoms with E-state index in [2.05, 4.69) is 0 Å². The highest BCUT2D eigenvalue weighted by atomic mass is 35.5. The Morgan fingerprint density at radius 1 is 1.08 bits per heavy atom. The molecule has 0 radical (unpaired) electrons. The third-order valence-corrected chi connectivity index (χ3v) is 3.96. The normalized spacial score (nSPS) is 12.0. The van der Waals surface area contributed by atoms with Crippen molar-refractivity contribution in [3.63, 3.8) is 0 Å². The van der Waals surface area contributed by atoms with Gasteiger partial charge in [0.15, 0.2) is 23.0 Å². The molecule has 6 nitrogen and oxygen atoms in total. The van der Waals surface area contributed by atoms with Gasteiger partial charge in [0, 0.05) is 0 Å². The number of halogens is 1. The molecule has 3 rings (SSSR count). The van der Waals surface area contributed by atoms with Crippen molar-refractivity contribution in [1.29, 1.82) is 0 Å². The molecular formula is C18H17ClO6. The number of ether oxygens (including phenoxy) is 5. The zero-order valence-electron chi connectivity index (χ0n) is 13.8. The predicted octanol–water partition coefficient (Wildman–Crippen LogP) is 3.37. The monoisotopic (exact) mass is 364 g/mol. The van der Waals surface area contributed by atoms with Crippen LogP contribution in [0.25, 0.3) is 0 Å². The maximum absolute atomic E-state index is 12.1. The number of fused-ring (bicyclic) bond motifs is 1. The van der Waals surface area contributed by atoms with Gasteiger partial charge in [0.2, 0.25) is 6.79 Å². The molecule has 1 aliphatic heterocycles. The van der Waals surface area contributed by atoms with Gasteiger partial charge in [0.25, 0.3) is 0 Å². The standard InChI is InChI=1S/C18H17ClO6/c1-21-14-4-3-11(6-15(14)22-2)8-17(20)23-9-12-5-13(19)18-16(7-12)24-10-25-18/h3-7H,8-10H2,1-2H3. The average molecular weight is 365 g/mol. The third kappa shape index (κ3) is 3.91. The zero-order valence-corrected chi connectivity index (χ0v) is 14.6. The fourth-order valence-corrected chi connectivity index (χ4v) is 2.76. The average Bonchev–Trinajstić information content (AvgIpc) is 3.09. The lowest BCUT2D eigenvalue weighted by Crippen LogP contribution is -2.08. The van der Waals surface area contributed by atoms with E-state index >= 15 is 0 Å². The molecular weight excluding hydrogens is 348 g/mol. The molecule has 0 bridgehead atoms. The highest BCUT2D eigenvalue weighted by Crippen LogP contribution is 2.39. The molecule has 0 saturated heterocycles. The minimum atomic E-state index is -0.360. The van der Waals surface area contributed by atoms with E-state index in [-0.39, 0.29) is 25.8 Å². The Hall–Kier alpha value is -2.60. The summed E-state index contributed by atoms with van der Waals surface area (Å²) in [6.45, 7) is 0.236. The number of benzene rings is 2. The molecule has 0 fully saturated rings. The minimum absolute atomic E-state index is 0.0997. The van der Waals surface area contributed by atoms with Crippen LogP contribution >= 0.6 is 11.6 Å². The van der Waals surface area contributed by atoms with E-state index in [0.717, 1.165) is 11.1 Å². The number of carbonyl (C=O) groups excluding carboxylic acids is 1. The molecule has 0 aromatic heterocycles. The second-order valence-electron chi connectivity index (χ2n) is 5.34. The number of esters is 1. The molecule has 0 spiro atoms. The van der Waals surface area contributed by atoms with Gasteiger partial charge in [-0.15, -0.1) is 0 Å². The van der Waals surface area contributed by atoms with Crippen LogP contribution < -0.4 is 18.9 Å². The highest BCUT2D eigenvalue weighted by Gasteiger charge is 2.19. The predicted molar refractivity (Wildman–Crippen MR) is 90.6 cm³/mol. The Bertz CT molecular complexity index is 789. The van der Waals surface area contributed by atoms with E-state index in [4.69, 9.17) is 35.3 Å². The summed E-state index contributed by atoms with van der Waals surface area (Å²) in [5.41, 5.74) is 1.50. The van der Waals surface area contributed by atoms with Gasteiger partial charge in [0.1, 0.15) is 6.61 Å². The van der Waals surface area contributed by atoms with Crippen molar-refractivity contribution in [2.24, 2.45) is 0 Å². The minimum Gasteiger partial charge on any atom is -0.493 e. The van der Waals surface area contributed by atoms with Gasteiger partial charge in [0.05, 0.1) is 25.7 Å². The molecule has 0 saturated carbocycles. The first-order valence-electron chi connectivity index (χ1n) is 7.55. The first-order chi connectivity index (χ1) is 12.1. The summed E-state index contributed by atoms with van der Waals surface area (Å²) in [6, 6.07) is 8.73. The van der Waals surface area contributed by atoms with E-state index in [1.807, 2.05) is 0 Å². The number of rotatable bonds is 6. The molecule has 2 aromatic rings. The van der Waals surface area contributed by atoms with Gasteiger partial charge >= 0.3 is 5.97 Å². The summed E-state index contributed by atoms with van der Waals surface area (Å²) in [6.07, 6.45) is 0.124. The lowest BCUT2D eigenvalue weighted by Gasteiger charge is -2.10. The maximum atomic E-state index is 12.1.